The van der Waals surface area contributed by atoms with Gasteiger partial charge in [0.25, 0.3) is 0 Å². The summed E-state index contributed by atoms with van der Waals surface area (Å²) in [5.74, 6) is 1.68. The second-order valence-electron chi connectivity index (χ2n) is 6.62. The summed E-state index contributed by atoms with van der Waals surface area (Å²) in [4.78, 5) is 6.79. The predicted molar refractivity (Wildman–Crippen MR) is 88.1 cm³/mol. The van der Waals surface area contributed by atoms with Crippen LogP contribution in [0.25, 0.3) is 0 Å². The lowest BCUT2D eigenvalue weighted by Gasteiger charge is -2.36. The summed E-state index contributed by atoms with van der Waals surface area (Å²) in [5.41, 5.74) is 1.31. The van der Waals surface area contributed by atoms with Crippen LogP contribution in [0, 0.1) is 5.92 Å². The third-order valence-electron chi connectivity index (χ3n) is 3.09. The summed E-state index contributed by atoms with van der Waals surface area (Å²) in [6, 6.07) is 4.24. The van der Waals surface area contributed by atoms with E-state index in [0.29, 0.717) is 5.92 Å². The third-order valence-corrected chi connectivity index (χ3v) is 3.09. The van der Waals surface area contributed by atoms with Gasteiger partial charge in [0.15, 0.2) is 0 Å². The van der Waals surface area contributed by atoms with E-state index in [1.807, 2.05) is 12.3 Å². The predicted octanol–water partition coefficient (Wildman–Crippen LogP) is 3.62. The Morgan fingerprint density at radius 1 is 1.40 bits per heavy atom. The van der Waals surface area contributed by atoms with Crippen LogP contribution in [0.4, 0.5) is 5.82 Å². The van der Waals surface area contributed by atoms with Gasteiger partial charge in [-0.15, -0.1) is 6.58 Å². The van der Waals surface area contributed by atoms with Crippen molar-refractivity contribution >= 4 is 5.82 Å². The maximum Gasteiger partial charge on any atom is 0.129 e. The Hall–Kier alpha value is -1.35. The van der Waals surface area contributed by atoms with Gasteiger partial charge >= 0.3 is 0 Å². The van der Waals surface area contributed by atoms with E-state index in [9.17, 15) is 0 Å². The van der Waals surface area contributed by atoms with Gasteiger partial charge in [0, 0.05) is 24.8 Å². The van der Waals surface area contributed by atoms with Gasteiger partial charge in [-0.1, -0.05) is 19.9 Å². The maximum absolute atomic E-state index is 4.52. The zero-order valence-electron chi connectivity index (χ0n) is 13.6. The molecule has 0 unspecified atom stereocenters. The highest BCUT2D eigenvalue weighted by Crippen LogP contribution is 2.22. The Morgan fingerprint density at radius 3 is 2.65 bits per heavy atom. The van der Waals surface area contributed by atoms with Gasteiger partial charge in [-0.25, -0.2) is 4.98 Å². The van der Waals surface area contributed by atoms with E-state index >= 15 is 0 Å². The van der Waals surface area contributed by atoms with Crippen LogP contribution >= 0.6 is 0 Å². The van der Waals surface area contributed by atoms with Crippen LogP contribution < -0.4 is 10.2 Å². The molecule has 3 nitrogen and oxygen atoms in total. The number of nitrogens with zero attached hydrogens (tertiary/aromatic N) is 2. The first kappa shape index (κ1) is 16.7. The number of anilines is 1. The fourth-order valence-corrected chi connectivity index (χ4v) is 2.06. The molecule has 0 aliphatic carbocycles. The van der Waals surface area contributed by atoms with Gasteiger partial charge in [0.1, 0.15) is 5.82 Å². The Kier molecular flexibility index (Phi) is 6.21. The Labute approximate surface area is 124 Å². The molecule has 0 amide bonds. The van der Waals surface area contributed by atoms with Crippen molar-refractivity contribution < 1.29 is 0 Å². The number of aromatic nitrogens is 1. The first-order chi connectivity index (χ1) is 9.34. The number of hydrogen-bond donors (Lipinski definition) is 1. The minimum Gasteiger partial charge on any atom is -0.348 e. The number of rotatable bonds is 7. The zero-order chi connectivity index (χ0) is 15.2. The maximum atomic E-state index is 4.52. The van der Waals surface area contributed by atoms with Crippen LogP contribution in [0.3, 0.4) is 0 Å². The van der Waals surface area contributed by atoms with Crippen LogP contribution in [0.15, 0.2) is 31.0 Å². The van der Waals surface area contributed by atoms with Crippen LogP contribution in [0.2, 0.25) is 0 Å². The first-order valence-corrected chi connectivity index (χ1v) is 7.38. The fourth-order valence-electron chi connectivity index (χ4n) is 2.06. The van der Waals surface area contributed by atoms with Gasteiger partial charge in [-0.2, -0.15) is 0 Å². The monoisotopic (exact) mass is 275 g/mol. The number of nitrogens with one attached hydrogen (secondary N) is 1. The molecule has 20 heavy (non-hydrogen) atoms. The lowest BCUT2D eigenvalue weighted by Crippen LogP contribution is -2.42. The van der Waals surface area contributed by atoms with Crippen molar-refractivity contribution in [3.8, 4) is 0 Å². The van der Waals surface area contributed by atoms with Crippen LogP contribution in [-0.4, -0.2) is 23.6 Å². The molecule has 0 spiro atoms. The summed E-state index contributed by atoms with van der Waals surface area (Å²) < 4.78 is 0. The molecule has 0 bridgehead atoms. The summed E-state index contributed by atoms with van der Waals surface area (Å²) in [7, 11) is 0. The molecule has 112 valence electrons. The van der Waals surface area contributed by atoms with Crippen LogP contribution in [-0.2, 0) is 6.54 Å². The average Bonchev–Trinajstić information content (AvgIpc) is 2.34. The smallest absolute Gasteiger partial charge is 0.129 e. The Bertz CT molecular complexity index is 418. The molecule has 1 N–H and O–H groups in total. The van der Waals surface area contributed by atoms with Crippen molar-refractivity contribution in [1.29, 1.82) is 0 Å². The standard InChI is InChI=1S/C17H29N3/c1-7-10-20(17(4,5)6)16-11-15(8-9-19-16)13-18-12-14(2)3/h7-9,11,14,18H,1,10,12-13H2,2-6H3. The lowest BCUT2D eigenvalue weighted by molar-refractivity contribution is 0.516. The molecule has 0 radical (unpaired) electrons. The molecule has 1 heterocycles. The molecule has 1 aromatic heterocycles. The van der Waals surface area contributed by atoms with Gasteiger partial charge in [0.05, 0.1) is 0 Å². The van der Waals surface area contributed by atoms with E-state index in [1.165, 1.54) is 5.56 Å². The molecular weight excluding hydrogens is 246 g/mol. The fraction of sp³-hybridized carbons (Fsp3) is 0.588. The zero-order valence-corrected chi connectivity index (χ0v) is 13.6. The van der Waals surface area contributed by atoms with E-state index in [2.05, 4.69) is 68.5 Å². The van der Waals surface area contributed by atoms with Gasteiger partial charge in [0.2, 0.25) is 0 Å². The molecule has 0 saturated heterocycles. The molecule has 0 saturated carbocycles. The van der Waals surface area contributed by atoms with Crippen molar-refractivity contribution in [3.63, 3.8) is 0 Å². The largest absolute Gasteiger partial charge is 0.348 e. The van der Waals surface area contributed by atoms with E-state index in [1.54, 1.807) is 0 Å². The molecule has 0 aliphatic heterocycles. The molecule has 1 aromatic rings. The van der Waals surface area contributed by atoms with E-state index in [0.717, 1.165) is 25.5 Å². The van der Waals surface area contributed by atoms with Crippen molar-refractivity contribution in [1.82, 2.24) is 10.3 Å². The Balaban J connectivity index is 2.81. The van der Waals surface area contributed by atoms with Crippen molar-refractivity contribution in [2.24, 2.45) is 5.92 Å². The van der Waals surface area contributed by atoms with E-state index < -0.39 is 0 Å². The number of hydrogen-bond acceptors (Lipinski definition) is 3. The molecule has 0 fully saturated rings. The SMILES string of the molecule is C=CCN(c1cc(CNCC(C)C)ccn1)C(C)(C)C. The van der Waals surface area contributed by atoms with Crippen molar-refractivity contribution in [3.05, 3.63) is 36.5 Å². The second-order valence-corrected chi connectivity index (χ2v) is 6.62. The molecule has 0 aromatic carbocycles. The topological polar surface area (TPSA) is 28.2 Å². The van der Waals surface area contributed by atoms with Crippen LogP contribution in [0.1, 0.15) is 40.2 Å². The Morgan fingerprint density at radius 2 is 2.10 bits per heavy atom. The van der Waals surface area contributed by atoms with E-state index in [-0.39, 0.29) is 5.54 Å². The van der Waals surface area contributed by atoms with Gasteiger partial charge in [-0.05, 0) is 50.9 Å². The highest BCUT2D eigenvalue weighted by Gasteiger charge is 2.21. The third kappa shape index (κ3) is 5.33. The van der Waals surface area contributed by atoms with Crippen molar-refractivity contribution in [2.75, 3.05) is 18.0 Å². The second kappa shape index (κ2) is 7.44. The van der Waals surface area contributed by atoms with Gasteiger partial charge < -0.3 is 10.2 Å². The summed E-state index contributed by atoms with van der Waals surface area (Å²) in [6.45, 7) is 17.6. The molecule has 0 aliphatic rings. The average molecular weight is 275 g/mol. The lowest BCUT2D eigenvalue weighted by atomic mass is 10.1. The summed E-state index contributed by atoms with van der Waals surface area (Å²) in [5, 5.41) is 3.47. The summed E-state index contributed by atoms with van der Waals surface area (Å²) in [6.07, 6.45) is 3.82. The minimum atomic E-state index is 0.0329. The molecule has 0 atom stereocenters. The minimum absolute atomic E-state index is 0.0329. The highest BCUT2D eigenvalue weighted by molar-refractivity contribution is 5.44. The van der Waals surface area contributed by atoms with E-state index in [4.69, 9.17) is 0 Å². The van der Waals surface area contributed by atoms with Gasteiger partial charge in [-0.3, -0.25) is 0 Å². The molecule has 3 heteroatoms. The molecular formula is C17H29N3. The first-order valence-electron chi connectivity index (χ1n) is 7.38. The van der Waals surface area contributed by atoms with Crippen LogP contribution in [0.5, 0.6) is 0 Å². The molecule has 1 rings (SSSR count). The normalized spacial score (nSPS) is 11.7. The highest BCUT2D eigenvalue weighted by atomic mass is 15.2. The number of pyridine rings is 1. The quantitative estimate of drug-likeness (QED) is 0.770. The summed E-state index contributed by atoms with van der Waals surface area (Å²) >= 11 is 0. The van der Waals surface area contributed by atoms with Crippen molar-refractivity contribution in [2.45, 2.75) is 46.7 Å².